The Morgan fingerprint density at radius 1 is 0.381 bits per heavy atom. The minimum absolute atomic E-state index is 0.883. The first-order chi connectivity index (χ1) is 20.8. The van der Waals surface area contributed by atoms with Crippen molar-refractivity contribution in [1.29, 1.82) is 0 Å². The van der Waals surface area contributed by atoms with E-state index in [1.807, 2.05) is 0 Å². The largest absolute Gasteiger partial charge is 0.456 e. The van der Waals surface area contributed by atoms with Gasteiger partial charge < -0.3 is 9.32 Å². The molecule has 8 aromatic rings. The third kappa shape index (κ3) is 4.05. The Hall–Kier alpha value is -5.60. The van der Waals surface area contributed by atoms with Crippen LogP contribution in [0.5, 0.6) is 0 Å². The molecule has 0 spiro atoms. The van der Waals surface area contributed by atoms with E-state index in [0.717, 1.165) is 39.0 Å². The zero-order chi connectivity index (χ0) is 27.9. The van der Waals surface area contributed by atoms with Crippen LogP contribution in [0.25, 0.3) is 55.0 Å². The molecule has 0 aliphatic rings. The van der Waals surface area contributed by atoms with E-state index in [-0.39, 0.29) is 0 Å². The molecule has 198 valence electrons. The second-order valence-electron chi connectivity index (χ2n) is 10.5. The van der Waals surface area contributed by atoms with E-state index in [9.17, 15) is 0 Å². The SMILES string of the molecule is c1ccc(-c2ccccc2N(c2ccccc2)c2ccc3oc4cc(-c5ccccc5)c5ccccc5c4c3c2)cc1. The van der Waals surface area contributed by atoms with E-state index >= 15 is 0 Å². The number of furan rings is 1. The summed E-state index contributed by atoms with van der Waals surface area (Å²) < 4.78 is 6.54. The zero-order valence-electron chi connectivity index (χ0n) is 22.9. The molecule has 2 nitrogen and oxygen atoms in total. The van der Waals surface area contributed by atoms with E-state index in [0.29, 0.717) is 0 Å². The van der Waals surface area contributed by atoms with Crippen molar-refractivity contribution in [1.82, 2.24) is 0 Å². The Morgan fingerprint density at radius 2 is 0.976 bits per heavy atom. The van der Waals surface area contributed by atoms with Crippen LogP contribution in [-0.2, 0) is 0 Å². The van der Waals surface area contributed by atoms with Crippen LogP contribution in [-0.4, -0.2) is 0 Å². The van der Waals surface area contributed by atoms with Crippen LogP contribution in [0.4, 0.5) is 17.1 Å². The number of benzene rings is 7. The number of hydrogen-bond donors (Lipinski definition) is 0. The topological polar surface area (TPSA) is 16.4 Å². The molecule has 0 fully saturated rings. The lowest BCUT2D eigenvalue weighted by molar-refractivity contribution is 0.669. The lowest BCUT2D eigenvalue weighted by atomic mass is 9.95. The first kappa shape index (κ1) is 24.2. The standard InChI is InChI=1S/C40H27NO/c1-4-14-28(15-5-1)32-20-12-13-23-37(32)41(30-18-8-3-9-19-30)31-24-25-38-36(26-31)40-34-22-11-10-21-33(34)35(27-39(40)42-38)29-16-6-2-7-17-29/h1-27H. The fraction of sp³-hybridized carbons (Fsp3) is 0. The molecule has 0 aliphatic heterocycles. The van der Waals surface area contributed by atoms with Gasteiger partial charge in [-0.3, -0.25) is 0 Å². The second-order valence-corrected chi connectivity index (χ2v) is 10.5. The molecule has 0 amide bonds. The van der Waals surface area contributed by atoms with Crippen molar-refractivity contribution in [3.63, 3.8) is 0 Å². The van der Waals surface area contributed by atoms with Crippen LogP contribution in [0.2, 0.25) is 0 Å². The summed E-state index contributed by atoms with van der Waals surface area (Å²) in [6.07, 6.45) is 0. The maximum atomic E-state index is 6.54. The molecule has 0 unspecified atom stereocenters. The minimum atomic E-state index is 0.883. The average molecular weight is 538 g/mol. The Morgan fingerprint density at radius 3 is 1.71 bits per heavy atom. The molecule has 0 N–H and O–H groups in total. The van der Waals surface area contributed by atoms with Gasteiger partial charge in [0.05, 0.1) is 5.69 Å². The third-order valence-corrected chi connectivity index (χ3v) is 8.05. The molecule has 1 heterocycles. The van der Waals surface area contributed by atoms with Crippen molar-refractivity contribution in [2.45, 2.75) is 0 Å². The van der Waals surface area contributed by atoms with Gasteiger partial charge >= 0.3 is 0 Å². The molecule has 0 saturated heterocycles. The van der Waals surface area contributed by atoms with Crippen molar-refractivity contribution in [3.05, 3.63) is 164 Å². The van der Waals surface area contributed by atoms with E-state index in [2.05, 4.69) is 169 Å². The maximum absolute atomic E-state index is 6.54. The van der Waals surface area contributed by atoms with Crippen LogP contribution < -0.4 is 4.90 Å². The zero-order valence-corrected chi connectivity index (χ0v) is 22.9. The van der Waals surface area contributed by atoms with E-state index < -0.39 is 0 Å². The first-order valence-corrected chi connectivity index (χ1v) is 14.3. The molecule has 2 heteroatoms. The smallest absolute Gasteiger partial charge is 0.136 e. The fourth-order valence-corrected chi connectivity index (χ4v) is 6.16. The summed E-state index contributed by atoms with van der Waals surface area (Å²) in [5.41, 5.74) is 9.81. The lowest BCUT2D eigenvalue weighted by Gasteiger charge is -2.28. The number of hydrogen-bond acceptors (Lipinski definition) is 2. The molecule has 0 radical (unpaired) electrons. The normalized spacial score (nSPS) is 11.3. The third-order valence-electron chi connectivity index (χ3n) is 8.05. The van der Waals surface area contributed by atoms with Crippen molar-refractivity contribution in [2.75, 3.05) is 4.90 Å². The predicted octanol–water partition coefficient (Wildman–Crippen LogP) is 11.5. The van der Waals surface area contributed by atoms with Gasteiger partial charge in [0.15, 0.2) is 0 Å². The van der Waals surface area contributed by atoms with Gasteiger partial charge in [-0.25, -0.2) is 0 Å². The molecular formula is C40H27NO. The summed E-state index contributed by atoms with van der Waals surface area (Å²) >= 11 is 0. The summed E-state index contributed by atoms with van der Waals surface area (Å²) in [6.45, 7) is 0. The molecule has 8 rings (SSSR count). The molecular weight excluding hydrogens is 510 g/mol. The molecule has 1 aromatic heterocycles. The van der Waals surface area contributed by atoms with Crippen molar-refractivity contribution < 1.29 is 4.42 Å². The second kappa shape index (κ2) is 10.1. The highest BCUT2D eigenvalue weighted by Crippen LogP contribution is 2.44. The van der Waals surface area contributed by atoms with Crippen LogP contribution in [0.15, 0.2) is 168 Å². The molecule has 0 atom stereocenters. The quantitative estimate of drug-likeness (QED) is 0.217. The predicted molar refractivity (Wildman–Crippen MR) is 177 cm³/mol. The number of anilines is 3. The number of nitrogens with zero attached hydrogens (tertiary/aromatic N) is 1. The van der Waals surface area contributed by atoms with Gasteiger partial charge in [0.2, 0.25) is 0 Å². The maximum Gasteiger partial charge on any atom is 0.136 e. The summed E-state index contributed by atoms with van der Waals surface area (Å²) in [7, 11) is 0. The highest BCUT2D eigenvalue weighted by molar-refractivity contribution is 6.22. The van der Waals surface area contributed by atoms with Gasteiger partial charge in [0.25, 0.3) is 0 Å². The minimum Gasteiger partial charge on any atom is -0.456 e. The van der Waals surface area contributed by atoms with E-state index in [4.69, 9.17) is 4.42 Å². The van der Waals surface area contributed by atoms with Crippen LogP contribution >= 0.6 is 0 Å². The van der Waals surface area contributed by atoms with Gasteiger partial charge in [0, 0.05) is 27.7 Å². The van der Waals surface area contributed by atoms with Gasteiger partial charge in [-0.2, -0.15) is 0 Å². The van der Waals surface area contributed by atoms with Crippen molar-refractivity contribution in [3.8, 4) is 22.3 Å². The number of rotatable bonds is 5. The van der Waals surface area contributed by atoms with Crippen LogP contribution in [0.3, 0.4) is 0 Å². The Kier molecular flexibility index (Phi) is 5.82. The highest BCUT2D eigenvalue weighted by atomic mass is 16.3. The molecule has 7 aromatic carbocycles. The van der Waals surface area contributed by atoms with Gasteiger partial charge in [0.1, 0.15) is 11.2 Å². The Balaban J connectivity index is 1.39. The molecule has 0 saturated carbocycles. The first-order valence-electron chi connectivity index (χ1n) is 14.3. The van der Waals surface area contributed by atoms with Gasteiger partial charge in [-0.1, -0.05) is 121 Å². The Bertz CT molecular complexity index is 2180. The van der Waals surface area contributed by atoms with Crippen LogP contribution in [0.1, 0.15) is 0 Å². The van der Waals surface area contributed by atoms with Gasteiger partial charge in [-0.05, 0) is 69.9 Å². The highest BCUT2D eigenvalue weighted by Gasteiger charge is 2.20. The number of fused-ring (bicyclic) bond motifs is 5. The van der Waals surface area contributed by atoms with Crippen molar-refractivity contribution >= 4 is 49.8 Å². The average Bonchev–Trinajstić information content (AvgIpc) is 3.44. The van der Waals surface area contributed by atoms with Crippen molar-refractivity contribution in [2.24, 2.45) is 0 Å². The molecule has 0 aliphatic carbocycles. The molecule has 42 heavy (non-hydrogen) atoms. The lowest BCUT2D eigenvalue weighted by Crippen LogP contribution is -2.11. The van der Waals surface area contributed by atoms with E-state index in [1.165, 1.54) is 33.0 Å². The summed E-state index contributed by atoms with van der Waals surface area (Å²) in [5.74, 6) is 0. The monoisotopic (exact) mass is 537 g/mol. The summed E-state index contributed by atoms with van der Waals surface area (Å²) in [6, 6.07) is 57.8. The molecule has 0 bridgehead atoms. The van der Waals surface area contributed by atoms with Gasteiger partial charge in [-0.15, -0.1) is 0 Å². The summed E-state index contributed by atoms with van der Waals surface area (Å²) in [5, 5.41) is 4.67. The fourth-order valence-electron chi connectivity index (χ4n) is 6.16. The van der Waals surface area contributed by atoms with E-state index in [1.54, 1.807) is 0 Å². The Labute approximate surface area is 244 Å². The number of para-hydroxylation sites is 2. The van der Waals surface area contributed by atoms with Crippen LogP contribution in [0, 0.1) is 0 Å². The summed E-state index contributed by atoms with van der Waals surface area (Å²) in [4.78, 5) is 2.35.